The fraction of sp³-hybridized carbons (Fsp3) is 0.240. The van der Waals surface area contributed by atoms with Gasteiger partial charge in [0.15, 0.2) is 11.5 Å². The van der Waals surface area contributed by atoms with Crippen molar-refractivity contribution >= 4 is 33.2 Å². The van der Waals surface area contributed by atoms with E-state index in [1.54, 1.807) is 30.3 Å². The van der Waals surface area contributed by atoms with Gasteiger partial charge in [0.1, 0.15) is 6.54 Å². The molecule has 34 heavy (non-hydrogen) atoms. The van der Waals surface area contributed by atoms with Crippen LogP contribution in [0.4, 0.5) is 5.69 Å². The number of ether oxygens (including phenoxy) is 2. The molecule has 0 heterocycles. The maximum absolute atomic E-state index is 13.4. The molecular weight excluding hydrogens is 476 g/mol. The number of sulfonamides is 1. The highest BCUT2D eigenvalue weighted by molar-refractivity contribution is 7.92. The van der Waals surface area contributed by atoms with Crippen LogP contribution in [0.5, 0.6) is 11.5 Å². The number of nitrogens with one attached hydrogen (secondary N) is 1. The van der Waals surface area contributed by atoms with Crippen LogP contribution in [0.15, 0.2) is 77.7 Å². The summed E-state index contributed by atoms with van der Waals surface area (Å²) in [6.07, 6.45) is 1.47. The zero-order chi connectivity index (χ0) is 24.6. The Morgan fingerprint density at radius 1 is 0.941 bits per heavy atom. The quantitative estimate of drug-likeness (QED) is 0.395. The van der Waals surface area contributed by atoms with Crippen molar-refractivity contribution in [2.75, 3.05) is 31.6 Å². The van der Waals surface area contributed by atoms with E-state index in [0.29, 0.717) is 29.5 Å². The molecule has 1 amide bonds. The number of aryl methyl sites for hydroxylation is 1. The van der Waals surface area contributed by atoms with E-state index in [4.69, 9.17) is 21.1 Å². The van der Waals surface area contributed by atoms with Gasteiger partial charge in [0.25, 0.3) is 10.0 Å². The lowest BCUT2D eigenvalue weighted by Gasteiger charge is -2.25. The smallest absolute Gasteiger partial charge is 0.264 e. The second-order valence-electron chi connectivity index (χ2n) is 7.44. The first-order chi connectivity index (χ1) is 16.3. The van der Waals surface area contributed by atoms with E-state index in [9.17, 15) is 13.2 Å². The van der Waals surface area contributed by atoms with E-state index in [-0.39, 0.29) is 17.1 Å². The zero-order valence-corrected chi connectivity index (χ0v) is 20.6. The largest absolute Gasteiger partial charge is 0.493 e. The summed E-state index contributed by atoms with van der Waals surface area (Å²) >= 11 is 5.90. The molecule has 0 unspecified atom stereocenters. The van der Waals surface area contributed by atoms with Crippen molar-refractivity contribution in [1.82, 2.24) is 5.32 Å². The normalized spacial score (nSPS) is 11.0. The number of nitrogens with zero attached hydrogens (tertiary/aromatic N) is 1. The van der Waals surface area contributed by atoms with Crippen LogP contribution < -0.4 is 19.1 Å². The Balaban J connectivity index is 1.76. The molecule has 0 saturated carbocycles. The van der Waals surface area contributed by atoms with Gasteiger partial charge in [-0.25, -0.2) is 8.42 Å². The molecular formula is C25H27ClN2O5S. The number of methoxy groups -OCH3 is 2. The number of benzene rings is 3. The van der Waals surface area contributed by atoms with Crippen LogP contribution in [0, 0.1) is 0 Å². The molecule has 0 fully saturated rings. The zero-order valence-electron chi connectivity index (χ0n) is 19.0. The molecule has 0 aromatic heterocycles. The third-order valence-electron chi connectivity index (χ3n) is 5.15. The number of carbonyl (C=O) groups is 1. The maximum Gasteiger partial charge on any atom is 0.264 e. The number of rotatable bonds is 11. The first-order valence-corrected chi connectivity index (χ1v) is 12.5. The monoisotopic (exact) mass is 502 g/mol. The van der Waals surface area contributed by atoms with Gasteiger partial charge in [0, 0.05) is 17.6 Å². The lowest BCUT2D eigenvalue weighted by Crippen LogP contribution is -2.41. The molecule has 3 rings (SSSR count). The SMILES string of the molecule is COc1ccc(N(CC(=O)NCCCc2ccc(Cl)cc2)S(=O)(=O)c2ccccc2)cc1OC. The highest BCUT2D eigenvalue weighted by Gasteiger charge is 2.28. The number of anilines is 1. The highest BCUT2D eigenvalue weighted by atomic mass is 35.5. The standard InChI is InChI=1S/C25H27ClN2O5S/c1-32-23-15-14-21(17-24(23)33-2)28(34(30,31)22-8-4-3-5-9-22)18-25(29)27-16-6-7-19-10-12-20(26)13-11-19/h3-5,8-15,17H,6-7,16,18H2,1-2H3,(H,27,29). The molecule has 3 aromatic carbocycles. The summed E-state index contributed by atoms with van der Waals surface area (Å²) in [6, 6.07) is 20.2. The highest BCUT2D eigenvalue weighted by Crippen LogP contribution is 2.33. The number of hydrogen-bond donors (Lipinski definition) is 1. The lowest BCUT2D eigenvalue weighted by atomic mass is 10.1. The van der Waals surface area contributed by atoms with Crippen molar-refractivity contribution in [3.05, 3.63) is 83.4 Å². The predicted molar refractivity (Wildman–Crippen MR) is 133 cm³/mol. The summed E-state index contributed by atoms with van der Waals surface area (Å²) in [5.74, 6) is 0.400. The van der Waals surface area contributed by atoms with Crippen molar-refractivity contribution < 1.29 is 22.7 Å². The van der Waals surface area contributed by atoms with Gasteiger partial charge in [-0.1, -0.05) is 41.9 Å². The Morgan fingerprint density at radius 3 is 2.26 bits per heavy atom. The van der Waals surface area contributed by atoms with Gasteiger partial charge in [0.05, 0.1) is 24.8 Å². The van der Waals surface area contributed by atoms with Crippen molar-refractivity contribution in [3.8, 4) is 11.5 Å². The Morgan fingerprint density at radius 2 is 1.62 bits per heavy atom. The summed E-state index contributed by atoms with van der Waals surface area (Å²) < 4.78 is 38.5. The first-order valence-electron chi connectivity index (χ1n) is 10.7. The van der Waals surface area contributed by atoms with Crippen LogP contribution in [0.25, 0.3) is 0 Å². The third-order valence-corrected chi connectivity index (χ3v) is 7.19. The summed E-state index contributed by atoms with van der Waals surface area (Å²) in [6.45, 7) is 0.0280. The molecule has 9 heteroatoms. The molecule has 0 saturated heterocycles. The van der Waals surface area contributed by atoms with E-state index in [0.717, 1.165) is 16.3 Å². The van der Waals surface area contributed by atoms with Crippen molar-refractivity contribution in [2.24, 2.45) is 0 Å². The van der Waals surface area contributed by atoms with Crippen molar-refractivity contribution in [3.63, 3.8) is 0 Å². The van der Waals surface area contributed by atoms with Gasteiger partial charge in [-0.3, -0.25) is 9.10 Å². The Kier molecular flexibility index (Phi) is 8.79. The van der Waals surface area contributed by atoms with Crippen LogP contribution >= 0.6 is 11.6 Å². The van der Waals surface area contributed by atoms with E-state index in [1.165, 1.54) is 32.4 Å². The van der Waals surface area contributed by atoms with Gasteiger partial charge in [-0.15, -0.1) is 0 Å². The molecule has 0 radical (unpaired) electrons. The summed E-state index contributed by atoms with van der Waals surface area (Å²) in [7, 11) is -1.05. The first kappa shape index (κ1) is 25.4. The van der Waals surface area contributed by atoms with E-state index >= 15 is 0 Å². The molecule has 1 N–H and O–H groups in total. The minimum Gasteiger partial charge on any atom is -0.493 e. The number of hydrogen-bond acceptors (Lipinski definition) is 5. The van der Waals surface area contributed by atoms with Crippen LogP contribution in [0.3, 0.4) is 0 Å². The van der Waals surface area contributed by atoms with Crippen molar-refractivity contribution in [1.29, 1.82) is 0 Å². The summed E-state index contributed by atoms with van der Waals surface area (Å²) in [5.41, 5.74) is 1.40. The second-order valence-corrected chi connectivity index (χ2v) is 9.74. The predicted octanol–water partition coefficient (Wildman–Crippen LogP) is 4.30. The number of amides is 1. The molecule has 7 nitrogen and oxygen atoms in total. The Labute approximate surface area is 205 Å². The lowest BCUT2D eigenvalue weighted by molar-refractivity contribution is -0.119. The van der Waals surface area contributed by atoms with Gasteiger partial charge in [-0.05, 0) is 54.8 Å². The molecule has 0 aliphatic heterocycles. The van der Waals surface area contributed by atoms with E-state index in [2.05, 4.69) is 5.32 Å². The molecule has 0 aliphatic rings. The maximum atomic E-state index is 13.4. The van der Waals surface area contributed by atoms with Gasteiger partial charge in [-0.2, -0.15) is 0 Å². The Hall–Kier alpha value is -3.23. The third kappa shape index (κ3) is 6.42. The van der Waals surface area contributed by atoms with Gasteiger partial charge < -0.3 is 14.8 Å². The molecule has 3 aromatic rings. The number of halogens is 1. The molecule has 0 aliphatic carbocycles. The fourth-order valence-corrected chi connectivity index (χ4v) is 4.93. The van der Waals surface area contributed by atoms with Gasteiger partial charge in [0.2, 0.25) is 5.91 Å². The van der Waals surface area contributed by atoms with Crippen LogP contribution in [0.2, 0.25) is 5.02 Å². The Bertz CT molecular complexity index is 1200. The molecule has 0 atom stereocenters. The van der Waals surface area contributed by atoms with E-state index < -0.39 is 15.9 Å². The topological polar surface area (TPSA) is 84.9 Å². The average molecular weight is 503 g/mol. The fourth-order valence-electron chi connectivity index (χ4n) is 3.37. The van der Waals surface area contributed by atoms with Gasteiger partial charge >= 0.3 is 0 Å². The van der Waals surface area contributed by atoms with Crippen LogP contribution in [0.1, 0.15) is 12.0 Å². The minimum absolute atomic E-state index is 0.0836. The summed E-state index contributed by atoms with van der Waals surface area (Å²) in [5, 5.41) is 3.49. The molecule has 0 spiro atoms. The molecule has 0 bridgehead atoms. The van der Waals surface area contributed by atoms with E-state index in [1.807, 2.05) is 24.3 Å². The molecule has 180 valence electrons. The van der Waals surface area contributed by atoms with Crippen LogP contribution in [-0.4, -0.2) is 41.6 Å². The van der Waals surface area contributed by atoms with Crippen molar-refractivity contribution in [2.45, 2.75) is 17.7 Å². The average Bonchev–Trinajstić information content (AvgIpc) is 2.86. The minimum atomic E-state index is -4.01. The number of carbonyl (C=O) groups excluding carboxylic acids is 1. The second kappa shape index (κ2) is 11.8. The van der Waals surface area contributed by atoms with Crippen LogP contribution in [-0.2, 0) is 21.2 Å². The summed E-state index contributed by atoms with van der Waals surface area (Å²) in [4.78, 5) is 12.8.